The lowest BCUT2D eigenvalue weighted by molar-refractivity contribution is -0.255. The first kappa shape index (κ1) is 9.46. The first-order chi connectivity index (χ1) is 7.27. The van der Waals surface area contributed by atoms with Crippen LogP contribution in [0, 0.1) is 0 Å². The molecule has 0 spiro atoms. The second kappa shape index (κ2) is 3.96. The van der Waals surface area contributed by atoms with Crippen LogP contribution in [0.3, 0.4) is 0 Å². The SMILES string of the molecule is O=C([O-])c1ccc(-c2ccccc2)cc1. The molecule has 0 heterocycles. The van der Waals surface area contributed by atoms with Gasteiger partial charge in [-0.2, -0.15) is 0 Å². The molecular formula is C13H9O2-. The molecule has 0 bridgehead atoms. The third-order valence-electron chi connectivity index (χ3n) is 2.23. The fourth-order valence-electron chi connectivity index (χ4n) is 1.43. The van der Waals surface area contributed by atoms with E-state index in [9.17, 15) is 9.90 Å². The number of carboxylic acids is 1. The van der Waals surface area contributed by atoms with Gasteiger partial charge in [-0.25, -0.2) is 0 Å². The highest BCUT2D eigenvalue weighted by molar-refractivity contribution is 5.86. The first-order valence-electron chi connectivity index (χ1n) is 4.64. The van der Waals surface area contributed by atoms with Crippen LogP contribution >= 0.6 is 0 Å². The molecule has 0 fully saturated rings. The van der Waals surface area contributed by atoms with Crippen molar-refractivity contribution in [3.63, 3.8) is 0 Å². The molecule has 0 amide bonds. The second-order valence-electron chi connectivity index (χ2n) is 3.23. The van der Waals surface area contributed by atoms with Gasteiger partial charge < -0.3 is 9.90 Å². The van der Waals surface area contributed by atoms with Gasteiger partial charge in [-0.15, -0.1) is 0 Å². The van der Waals surface area contributed by atoms with Gasteiger partial charge in [0, 0.05) is 0 Å². The summed E-state index contributed by atoms with van der Waals surface area (Å²) in [5.41, 5.74) is 2.28. The molecule has 0 aliphatic heterocycles. The van der Waals surface area contributed by atoms with Crippen LogP contribution in [0.5, 0.6) is 0 Å². The van der Waals surface area contributed by atoms with Gasteiger partial charge in [-0.3, -0.25) is 0 Å². The molecule has 15 heavy (non-hydrogen) atoms. The van der Waals surface area contributed by atoms with Crippen molar-refractivity contribution in [1.82, 2.24) is 0 Å². The van der Waals surface area contributed by atoms with E-state index < -0.39 is 5.97 Å². The minimum atomic E-state index is -1.14. The van der Waals surface area contributed by atoms with Crippen LogP contribution in [-0.2, 0) is 0 Å². The molecule has 0 unspecified atom stereocenters. The van der Waals surface area contributed by atoms with Crippen LogP contribution in [0.4, 0.5) is 0 Å². The lowest BCUT2D eigenvalue weighted by Gasteiger charge is -2.04. The third kappa shape index (κ3) is 2.05. The molecule has 0 atom stereocenters. The summed E-state index contributed by atoms with van der Waals surface area (Å²) in [6.07, 6.45) is 0. The van der Waals surface area contributed by atoms with E-state index in [-0.39, 0.29) is 5.56 Å². The van der Waals surface area contributed by atoms with Crippen molar-refractivity contribution in [3.8, 4) is 11.1 Å². The van der Waals surface area contributed by atoms with Gasteiger partial charge in [0.25, 0.3) is 0 Å². The van der Waals surface area contributed by atoms with Gasteiger partial charge in [-0.1, -0.05) is 54.6 Å². The number of benzene rings is 2. The smallest absolute Gasteiger partial charge is 0.0715 e. The monoisotopic (exact) mass is 197 g/mol. The maximum Gasteiger partial charge on any atom is 0.0715 e. The minimum absolute atomic E-state index is 0.203. The van der Waals surface area contributed by atoms with E-state index in [1.54, 1.807) is 24.3 Å². The van der Waals surface area contributed by atoms with Crippen LogP contribution in [-0.4, -0.2) is 5.97 Å². The molecule has 2 aromatic carbocycles. The highest BCUT2D eigenvalue weighted by Gasteiger charge is 1.97. The number of aromatic carboxylic acids is 1. The Kier molecular flexibility index (Phi) is 2.50. The van der Waals surface area contributed by atoms with Crippen LogP contribution < -0.4 is 5.11 Å². The minimum Gasteiger partial charge on any atom is -0.545 e. The van der Waals surface area contributed by atoms with Crippen molar-refractivity contribution in [2.45, 2.75) is 0 Å². The number of hydrogen-bond acceptors (Lipinski definition) is 2. The molecule has 0 aliphatic carbocycles. The molecule has 74 valence electrons. The zero-order valence-corrected chi connectivity index (χ0v) is 8.01. The maximum absolute atomic E-state index is 10.5. The highest BCUT2D eigenvalue weighted by Crippen LogP contribution is 2.18. The zero-order chi connectivity index (χ0) is 10.7. The highest BCUT2D eigenvalue weighted by atomic mass is 16.4. The Labute approximate surface area is 87.8 Å². The molecule has 0 radical (unpaired) electrons. The molecule has 0 aliphatic rings. The molecule has 2 heteroatoms. The predicted octanol–water partition coefficient (Wildman–Crippen LogP) is 1.72. The van der Waals surface area contributed by atoms with E-state index in [1.165, 1.54) is 0 Å². The molecular weight excluding hydrogens is 188 g/mol. The second-order valence-corrected chi connectivity index (χ2v) is 3.23. The summed E-state index contributed by atoms with van der Waals surface area (Å²) in [6, 6.07) is 16.5. The van der Waals surface area contributed by atoms with Crippen molar-refractivity contribution in [1.29, 1.82) is 0 Å². The van der Waals surface area contributed by atoms with Gasteiger partial charge in [0.2, 0.25) is 0 Å². The average Bonchev–Trinajstić information content (AvgIpc) is 2.30. The topological polar surface area (TPSA) is 40.1 Å². The summed E-state index contributed by atoms with van der Waals surface area (Å²) < 4.78 is 0. The number of rotatable bonds is 2. The van der Waals surface area contributed by atoms with E-state index in [2.05, 4.69) is 0 Å². The van der Waals surface area contributed by atoms with E-state index in [4.69, 9.17) is 0 Å². The normalized spacial score (nSPS) is 9.87. The molecule has 2 nitrogen and oxygen atoms in total. The molecule has 0 N–H and O–H groups in total. The Hall–Kier alpha value is -2.09. The van der Waals surface area contributed by atoms with Gasteiger partial charge in [-0.05, 0) is 16.7 Å². The van der Waals surface area contributed by atoms with Crippen molar-refractivity contribution >= 4 is 5.97 Å². The predicted molar refractivity (Wildman–Crippen MR) is 56.2 cm³/mol. The molecule has 0 saturated carbocycles. The van der Waals surface area contributed by atoms with E-state index in [0.29, 0.717) is 0 Å². The van der Waals surface area contributed by atoms with Crippen molar-refractivity contribution in [2.75, 3.05) is 0 Å². The van der Waals surface area contributed by atoms with E-state index in [1.807, 2.05) is 30.3 Å². The van der Waals surface area contributed by atoms with Crippen molar-refractivity contribution in [2.24, 2.45) is 0 Å². The Bertz CT molecular complexity index is 458. The van der Waals surface area contributed by atoms with E-state index in [0.717, 1.165) is 11.1 Å². The Balaban J connectivity index is 2.36. The summed E-state index contributed by atoms with van der Waals surface area (Å²) in [7, 11) is 0. The van der Waals surface area contributed by atoms with Gasteiger partial charge in [0.1, 0.15) is 0 Å². The standard InChI is InChI=1S/C13H10O2/c14-13(15)12-8-6-11(7-9-12)10-4-2-1-3-5-10/h1-9H,(H,14,15)/p-1. The number of carbonyl (C=O) groups is 1. The Morgan fingerprint density at radius 2 is 1.33 bits per heavy atom. The van der Waals surface area contributed by atoms with Gasteiger partial charge >= 0.3 is 0 Å². The first-order valence-corrected chi connectivity index (χ1v) is 4.64. The van der Waals surface area contributed by atoms with Crippen molar-refractivity contribution in [3.05, 3.63) is 60.2 Å². The quantitative estimate of drug-likeness (QED) is 0.735. The van der Waals surface area contributed by atoms with Crippen LogP contribution in [0.1, 0.15) is 10.4 Å². The summed E-state index contributed by atoms with van der Waals surface area (Å²) in [6.45, 7) is 0. The van der Waals surface area contributed by atoms with Crippen LogP contribution in [0.25, 0.3) is 11.1 Å². The molecule has 0 aromatic heterocycles. The van der Waals surface area contributed by atoms with E-state index >= 15 is 0 Å². The summed E-state index contributed by atoms with van der Waals surface area (Å²) in [4.78, 5) is 10.5. The molecule has 2 aromatic rings. The summed E-state index contributed by atoms with van der Waals surface area (Å²) in [5, 5.41) is 10.5. The lowest BCUT2D eigenvalue weighted by Crippen LogP contribution is -2.21. The summed E-state index contributed by atoms with van der Waals surface area (Å²) >= 11 is 0. The fraction of sp³-hybridized carbons (Fsp3) is 0. The number of hydrogen-bond donors (Lipinski definition) is 0. The van der Waals surface area contributed by atoms with Crippen LogP contribution in [0.2, 0.25) is 0 Å². The van der Waals surface area contributed by atoms with Gasteiger partial charge in [0.15, 0.2) is 0 Å². The van der Waals surface area contributed by atoms with Crippen molar-refractivity contribution < 1.29 is 9.90 Å². The third-order valence-corrected chi connectivity index (χ3v) is 2.23. The number of carbonyl (C=O) groups excluding carboxylic acids is 1. The number of carboxylic acid groups (broad SMARTS) is 1. The van der Waals surface area contributed by atoms with Crippen LogP contribution in [0.15, 0.2) is 54.6 Å². The fourth-order valence-corrected chi connectivity index (χ4v) is 1.43. The largest absolute Gasteiger partial charge is 0.545 e. The lowest BCUT2D eigenvalue weighted by atomic mass is 10.0. The maximum atomic E-state index is 10.5. The average molecular weight is 197 g/mol. The zero-order valence-electron chi connectivity index (χ0n) is 8.01. The Morgan fingerprint density at radius 3 is 1.87 bits per heavy atom. The summed E-state index contributed by atoms with van der Waals surface area (Å²) in [5.74, 6) is -1.14. The van der Waals surface area contributed by atoms with Gasteiger partial charge in [0.05, 0.1) is 5.97 Å². The Morgan fingerprint density at radius 1 is 0.800 bits per heavy atom. The molecule has 2 rings (SSSR count). The molecule has 0 saturated heterocycles.